The maximum atomic E-state index is 13.4. The van der Waals surface area contributed by atoms with Crippen LogP contribution in [0.3, 0.4) is 0 Å². The van der Waals surface area contributed by atoms with Gasteiger partial charge in [-0.05, 0) is 68.8 Å². The van der Waals surface area contributed by atoms with Gasteiger partial charge in [-0.1, -0.05) is 29.8 Å². The predicted molar refractivity (Wildman–Crippen MR) is 125 cm³/mol. The van der Waals surface area contributed by atoms with Gasteiger partial charge in [0.2, 0.25) is 0 Å². The van der Waals surface area contributed by atoms with Gasteiger partial charge in [-0.2, -0.15) is 26.3 Å². The molecule has 2 aromatic carbocycles. The van der Waals surface area contributed by atoms with Crippen LogP contribution < -0.4 is 10.1 Å². The van der Waals surface area contributed by atoms with Crippen LogP contribution in [0.15, 0.2) is 52.9 Å². The fraction of sp³-hybridized carbons (Fsp3) is 0.320. The quantitative estimate of drug-likeness (QED) is 0.333. The van der Waals surface area contributed by atoms with E-state index in [2.05, 4.69) is 5.32 Å². The molecular weight excluding hydrogens is 528 g/mol. The maximum Gasteiger partial charge on any atom is 0.490 e. The van der Waals surface area contributed by atoms with E-state index in [1.807, 2.05) is 13.0 Å². The molecule has 0 amide bonds. The Morgan fingerprint density at radius 2 is 1.57 bits per heavy atom. The second kappa shape index (κ2) is 11.5. The fourth-order valence-corrected chi connectivity index (χ4v) is 3.99. The van der Waals surface area contributed by atoms with Gasteiger partial charge in [0, 0.05) is 10.6 Å². The number of halogens is 7. The molecule has 1 fully saturated rings. The van der Waals surface area contributed by atoms with E-state index in [0.29, 0.717) is 22.1 Å². The van der Waals surface area contributed by atoms with Crippen LogP contribution in [0, 0.1) is 6.92 Å². The minimum atomic E-state index is -5.08. The zero-order chi connectivity index (χ0) is 27.4. The van der Waals surface area contributed by atoms with Crippen LogP contribution in [0.25, 0.3) is 22.6 Å². The van der Waals surface area contributed by atoms with E-state index in [0.717, 1.165) is 37.6 Å². The molecule has 0 saturated carbocycles. The molecule has 1 aliphatic heterocycles. The first kappa shape index (κ1) is 28.4. The first-order chi connectivity index (χ1) is 17.3. The fourth-order valence-electron chi connectivity index (χ4n) is 3.72. The Morgan fingerprint density at radius 3 is 2.14 bits per heavy atom. The largest absolute Gasteiger partial charge is 0.490 e. The Morgan fingerprint density at radius 1 is 1.00 bits per heavy atom. The summed E-state index contributed by atoms with van der Waals surface area (Å²) in [5.74, 6) is -1.55. The second-order valence-electron chi connectivity index (χ2n) is 8.18. The first-order valence-electron chi connectivity index (χ1n) is 11.0. The Bertz CT molecular complexity index is 1230. The topological polar surface area (TPSA) is 71.7 Å². The summed E-state index contributed by atoms with van der Waals surface area (Å²) in [6.45, 7) is 3.66. The molecule has 0 unspecified atom stereocenters. The minimum Gasteiger partial charge on any atom is -0.489 e. The van der Waals surface area contributed by atoms with Crippen LogP contribution in [0.2, 0.25) is 5.02 Å². The molecule has 2 heterocycles. The molecule has 3 aromatic rings. The summed E-state index contributed by atoms with van der Waals surface area (Å²) >= 11 is 6.27. The monoisotopic (exact) mass is 549 g/mol. The number of ether oxygens (including phenoxy) is 1. The third-order valence-electron chi connectivity index (χ3n) is 5.42. The van der Waals surface area contributed by atoms with Gasteiger partial charge in [0.15, 0.2) is 0 Å². The van der Waals surface area contributed by atoms with Gasteiger partial charge in [-0.15, -0.1) is 0 Å². The summed E-state index contributed by atoms with van der Waals surface area (Å²) in [4.78, 5) is 8.90. The van der Waals surface area contributed by atoms with Crippen molar-refractivity contribution in [3.8, 4) is 28.4 Å². The molecule has 0 atom stereocenters. The molecular formula is C25H22ClF6NO4. The number of piperidine rings is 1. The molecule has 0 aliphatic carbocycles. The van der Waals surface area contributed by atoms with E-state index in [4.69, 9.17) is 30.7 Å². The maximum absolute atomic E-state index is 13.4. The lowest BCUT2D eigenvalue weighted by Gasteiger charge is -2.26. The van der Waals surface area contributed by atoms with Gasteiger partial charge in [0.1, 0.15) is 23.4 Å². The van der Waals surface area contributed by atoms with Gasteiger partial charge in [0.05, 0.1) is 11.1 Å². The van der Waals surface area contributed by atoms with Crippen molar-refractivity contribution in [1.82, 2.24) is 5.32 Å². The number of alkyl halides is 6. The first-order valence-corrected chi connectivity index (χ1v) is 11.4. The van der Waals surface area contributed by atoms with Crippen LogP contribution >= 0.6 is 11.6 Å². The number of aliphatic carboxylic acids is 1. The molecule has 200 valence electrons. The molecule has 1 aliphatic rings. The molecule has 5 nitrogen and oxygen atoms in total. The molecule has 0 spiro atoms. The molecule has 0 radical (unpaired) electrons. The average Bonchev–Trinajstić information content (AvgIpc) is 3.31. The second-order valence-corrected chi connectivity index (χ2v) is 8.61. The van der Waals surface area contributed by atoms with Crippen molar-refractivity contribution in [1.29, 1.82) is 0 Å². The van der Waals surface area contributed by atoms with Crippen molar-refractivity contribution in [3.63, 3.8) is 0 Å². The Hall–Kier alpha value is -3.18. The molecule has 12 heteroatoms. The highest BCUT2D eigenvalue weighted by Crippen LogP contribution is 2.42. The van der Waals surface area contributed by atoms with Crippen molar-refractivity contribution in [2.45, 2.75) is 38.2 Å². The van der Waals surface area contributed by atoms with Crippen LogP contribution in [0.4, 0.5) is 26.3 Å². The Labute approximate surface area is 213 Å². The normalized spacial score (nSPS) is 14.6. The van der Waals surface area contributed by atoms with Gasteiger partial charge in [0.25, 0.3) is 0 Å². The van der Waals surface area contributed by atoms with Gasteiger partial charge < -0.3 is 19.6 Å². The highest BCUT2D eigenvalue weighted by Gasteiger charge is 2.38. The number of furan rings is 1. The highest BCUT2D eigenvalue weighted by molar-refractivity contribution is 6.31. The summed E-state index contributed by atoms with van der Waals surface area (Å²) in [7, 11) is 0. The molecule has 2 N–H and O–H groups in total. The van der Waals surface area contributed by atoms with Crippen LogP contribution in [0.1, 0.15) is 24.0 Å². The van der Waals surface area contributed by atoms with Crippen LogP contribution in [0.5, 0.6) is 5.75 Å². The van der Waals surface area contributed by atoms with Gasteiger partial charge in [-0.25, -0.2) is 4.79 Å². The van der Waals surface area contributed by atoms with Crippen molar-refractivity contribution < 1.29 is 45.4 Å². The smallest absolute Gasteiger partial charge is 0.489 e. The summed E-state index contributed by atoms with van der Waals surface area (Å²) in [6.07, 6.45) is -7.74. The lowest BCUT2D eigenvalue weighted by molar-refractivity contribution is -0.192. The third kappa shape index (κ3) is 7.42. The predicted octanol–water partition coefficient (Wildman–Crippen LogP) is 7.36. The number of carboxylic acid groups (broad SMARTS) is 1. The lowest BCUT2D eigenvalue weighted by atomic mass is 10.0. The van der Waals surface area contributed by atoms with Crippen molar-refractivity contribution in [2.24, 2.45) is 0 Å². The molecule has 1 saturated heterocycles. The number of hydrogen-bond acceptors (Lipinski definition) is 4. The van der Waals surface area contributed by atoms with Crippen molar-refractivity contribution in [2.75, 3.05) is 13.1 Å². The summed E-state index contributed by atoms with van der Waals surface area (Å²) in [6, 6.07) is 12.1. The van der Waals surface area contributed by atoms with Crippen molar-refractivity contribution in [3.05, 3.63) is 64.7 Å². The van der Waals surface area contributed by atoms with E-state index in [9.17, 15) is 26.3 Å². The lowest BCUT2D eigenvalue weighted by Crippen LogP contribution is -2.34. The van der Waals surface area contributed by atoms with Crippen molar-refractivity contribution >= 4 is 17.6 Å². The standard InChI is InChI=1S/C23H21ClF3NO2.C2HF3O2/c1-14-12-15(24)13-18(22(14)29-16-8-10-28-11-9-16)21-7-6-20(30-21)17-4-2-3-5-19(17)23(25,26)27;3-2(4,5)1(6)7/h2-7,12-13,16,28H,8-11H2,1H3;(H,6,7). The highest BCUT2D eigenvalue weighted by atomic mass is 35.5. The van der Waals surface area contributed by atoms with E-state index in [1.54, 1.807) is 24.3 Å². The molecule has 1 aromatic heterocycles. The number of carboxylic acids is 1. The van der Waals surface area contributed by atoms with Gasteiger partial charge >= 0.3 is 18.3 Å². The summed E-state index contributed by atoms with van der Waals surface area (Å²) < 4.78 is 84.1. The Balaban J connectivity index is 0.000000479. The van der Waals surface area contributed by atoms with Gasteiger partial charge in [-0.3, -0.25) is 0 Å². The van der Waals surface area contributed by atoms with E-state index in [-0.39, 0.29) is 17.4 Å². The van der Waals surface area contributed by atoms with E-state index in [1.165, 1.54) is 12.1 Å². The Kier molecular flexibility index (Phi) is 8.80. The minimum absolute atomic E-state index is 0.00387. The van der Waals surface area contributed by atoms with Crippen LogP contribution in [-0.4, -0.2) is 36.4 Å². The zero-order valence-electron chi connectivity index (χ0n) is 19.3. The molecule has 37 heavy (non-hydrogen) atoms. The van der Waals surface area contributed by atoms with E-state index >= 15 is 0 Å². The zero-order valence-corrected chi connectivity index (χ0v) is 20.1. The molecule has 0 bridgehead atoms. The number of rotatable bonds is 4. The SMILES string of the molecule is Cc1cc(Cl)cc(-c2ccc(-c3ccccc3C(F)(F)F)o2)c1OC1CCNCC1.O=C(O)C(F)(F)F. The number of nitrogens with one attached hydrogen (secondary N) is 1. The summed E-state index contributed by atoms with van der Waals surface area (Å²) in [5.41, 5.74) is 0.745. The summed E-state index contributed by atoms with van der Waals surface area (Å²) in [5, 5.41) is 10.9. The number of hydrogen-bond donors (Lipinski definition) is 2. The molecule has 4 rings (SSSR count). The number of carbonyl (C=O) groups is 1. The average molecular weight is 550 g/mol. The number of benzene rings is 2. The number of aryl methyl sites for hydroxylation is 1. The van der Waals surface area contributed by atoms with E-state index < -0.39 is 23.9 Å². The van der Waals surface area contributed by atoms with Crippen LogP contribution in [-0.2, 0) is 11.0 Å². The third-order valence-corrected chi connectivity index (χ3v) is 5.64.